The zero-order chi connectivity index (χ0) is 24.0. The molecule has 0 spiro atoms. The van der Waals surface area contributed by atoms with Crippen molar-refractivity contribution in [2.45, 2.75) is 33.9 Å². The Morgan fingerprint density at radius 1 is 1.12 bits per heavy atom. The van der Waals surface area contributed by atoms with Crippen LogP contribution in [-0.2, 0) is 0 Å². The summed E-state index contributed by atoms with van der Waals surface area (Å²) in [5, 5.41) is 24.9. The predicted octanol–water partition coefficient (Wildman–Crippen LogP) is 6.99. The van der Waals surface area contributed by atoms with Gasteiger partial charge in [0.1, 0.15) is 0 Å². The Labute approximate surface area is 210 Å². The fourth-order valence-corrected chi connectivity index (χ4v) is 7.19. The Balaban J connectivity index is 1.55. The molecule has 5 rings (SSSR count). The summed E-state index contributed by atoms with van der Waals surface area (Å²) in [4.78, 5) is 23.4. The monoisotopic (exact) mass is 514 g/mol. The number of rotatable bonds is 5. The van der Waals surface area contributed by atoms with Gasteiger partial charge in [0.2, 0.25) is 0 Å². The second-order valence-electron chi connectivity index (χ2n) is 8.53. The zero-order valence-corrected chi connectivity index (χ0v) is 20.1. The number of nitro groups is 1. The summed E-state index contributed by atoms with van der Waals surface area (Å²) in [6.45, 7) is 0. The number of carbonyl (C=O) groups is 1. The van der Waals surface area contributed by atoms with Crippen molar-refractivity contribution < 1.29 is 14.8 Å². The average molecular weight is 515 g/mol. The molecule has 5 atom stereocenters. The first-order valence-electron chi connectivity index (χ1n) is 10.8. The summed E-state index contributed by atoms with van der Waals surface area (Å²) in [6.07, 6.45) is 0.715. The van der Waals surface area contributed by atoms with E-state index in [1.165, 1.54) is 17.8 Å². The molecule has 1 heterocycles. The molecule has 0 aromatic heterocycles. The number of aromatic carboxylic acids is 1. The number of nitro benzene ring substituents is 1. The van der Waals surface area contributed by atoms with Crippen molar-refractivity contribution in [2.75, 3.05) is 5.32 Å². The van der Waals surface area contributed by atoms with Crippen LogP contribution in [0.1, 0.15) is 39.9 Å². The first kappa shape index (κ1) is 23.0. The van der Waals surface area contributed by atoms with Gasteiger partial charge in [-0.15, -0.1) is 23.4 Å². The van der Waals surface area contributed by atoms with Gasteiger partial charge in [0.05, 0.1) is 26.8 Å². The van der Waals surface area contributed by atoms with E-state index in [0.717, 1.165) is 16.8 Å². The molecule has 174 valence electrons. The topological polar surface area (TPSA) is 92.5 Å². The molecule has 0 saturated heterocycles. The van der Waals surface area contributed by atoms with Crippen LogP contribution < -0.4 is 5.32 Å². The number of hydrogen-bond donors (Lipinski definition) is 2. The molecule has 9 heteroatoms. The molecule has 3 aromatic rings. The van der Waals surface area contributed by atoms with E-state index in [9.17, 15) is 20.0 Å². The van der Waals surface area contributed by atoms with E-state index >= 15 is 0 Å². The Hall–Kier alpha value is -2.74. The normalized spacial score (nSPS) is 25.2. The number of nitrogens with zero attached hydrogens (tertiary/aromatic N) is 1. The largest absolute Gasteiger partial charge is 0.478 e. The van der Waals surface area contributed by atoms with Gasteiger partial charge in [0.25, 0.3) is 5.69 Å². The lowest BCUT2D eigenvalue weighted by molar-refractivity contribution is -0.387. The third-order valence-corrected chi connectivity index (χ3v) is 8.99. The number of hydrogen-bond acceptors (Lipinski definition) is 5. The van der Waals surface area contributed by atoms with Gasteiger partial charge in [0, 0.05) is 27.9 Å². The molecule has 1 aliphatic carbocycles. The van der Waals surface area contributed by atoms with Crippen LogP contribution in [0.5, 0.6) is 0 Å². The van der Waals surface area contributed by atoms with Gasteiger partial charge < -0.3 is 10.4 Å². The second kappa shape index (κ2) is 9.13. The van der Waals surface area contributed by atoms with Crippen molar-refractivity contribution in [2.24, 2.45) is 5.92 Å². The summed E-state index contributed by atoms with van der Waals surface area (Å²) in [7, 11) is 0. The summed E-state index contributed by atoms with van der Waals surface area (Å²) < 4.78 is 0. The second-order valence-corrected chi connectivity index (χ2v) is 10.8. The summed E-state index contributed by atoms with van der Waals surface area (Å²) in [6, 6.07) is 19.4. The maximum atomic E-state index is 11.7. The van der Waals surface area contributed by atoms with Gasteiger partial charge in [-0.25, -0.2) is 4.79 Å². The Kier molecular flexibility index (Phi) is 6.18. The van der Waals surface area contributed by atoms with Crippen molar-refractivity contribution in [3.8, 4) is 0 Å². The number of nitrogens with one attached hydrogen (secondary N) is 1. The van der Waals surface area contributed by atoms with Gasteiger partial charge in [0.15, 0.2) is 0 Å². The number of carboxylic acids is 1. The number of halogens is 2. The molecule has 2 aliphatic rings. The highest BCUT2D eigenvalue weighted by Gasteiger charge is 2.50. The predicted molar refractivity (Wildman–Crippen MR) is 134 cm³/mol. The maximum Gasteiger partial charge on any atom is 0.335 e. The van der Waals surface area contributed by atoms with Crippen LogP contribution in [0.4, 0.5) is 11.4 Å². The smallest absolute Gasteiger partial charge is 0.335 e. The molecule has 0 radical (unpaired) electrons. The minimum absolute atomic E-state index is 0.0527. The molecular formula is C25H20Cl2N2O4S. The highest BCUT2D eigenvalue weighted by Crippen LogP contribution is 2.58. The number of fused-ring (bicyclic) bond motifs is 3. The molecule has 1 saturated carbocycles. The highest BCUT2D eigenvalue weighted by molar-refractivity contribution is 8.00. The van der Waals surface area contributed by atoms with Crippen molar-refractivity contribution in [1.29, 1.82) is 0 Å². The lowest BCUT2D eigenvalue weighted by atomic mass is 9.77. The molecule has 2 N–H and O–H groups in total. The lowest BCUT2D eigenvalue weighted by Crippen LogP contribution is -2.31. The fraction of sp³-hybridized carbons (Fsp3) is 0.240. The van der Waals surface area contributed by atoms with Crippen LogP contribution in [0.3, 0.4) is 0 Å². The van der Waals surface area contributed by atoms with Gasteiger partial charge in [-0.05, 0) is 59.9 Å². The molecule has 6 nitrogen and oxygen atoms in total. The van der Waals surface area contributed by atoms with Crippen LogP contribution >= 0.6 is 35.0 Å². The molecular weight excluding hydrogens is 495 g/mol. The van der Waals surface area contributed by atoms with Crippen LogP contribution in [0.15, 0.2) is 71.6 Å². The Bertz CT molecular complexity index is 1270. The van der Waals surface area contributed by atoms with Crippen LogP contribution in [0, 0.1) is 16.0 Å². The Morgan fingerprint density at radius 2 is 1.85 bits per heavy atom. The van der Waals surface area contributed by atoms with Crippen LogP contribution in [-0.4, -0.2) is 26.6 Å². The third-order valence-electron chi connectivity index (χ3n) is 6.63. The summed E-state index contributed by atoms with van der Waals surface area (Å²) in [5.41, 5.74) is 3.07. The van der Waals surface area contributed by atoms with E-state index in [4.69, 9.17) is 23.2 Å². The molecule has 0 unspecified atom stereocenters. The number of thioether (sulfide) groups is 1. The number of para-hydroxylation sites is 1. The van der Waals surface area contributed by atoms with E-state index in [2.05, 4.69) is 5.32 Å². The average Bonchev–Trinajstić information content (AvgIpc) is 3.15. The summed E-state index contributed by atoms with van der Waals surface area (Å²) >= 11 is 14.6. The van der Waals surface area contributed by atoms with Gasteiger partial charge >= 0.3 is 5.97 Å². The highest BCUT2D eigenvalue weighted by atomic mass is 35.5. The maximum absolute atomic E-state index is 11.7. The van der Waals surface area contributed by atoms with E-state index in [-0.39, 0.29) is 44.7 Å². The van der Waals surface area contributed by atoms with Gasteiger partial charge in [-0.2, -0.15) is 0 Å². The number of anilines is 1. The molecule has 34 heavy (non-hydrogen) atoms. The number of carboxylic acid groups (broad SMARTS) is 1. The number of alkyl halides is 1. The zero-order valence-electron chi connectivity index (χ0n) is 17.7. The molecule has 1 aliphatic heterocycles. The SMILES string of the molecule is O=C(O)c1ccc2c(c1)[C@@H]1[C@@H](Cl)[C@@H](Sc3ccccc3[N+](=O)[O-])C[C@@H]1[C@H](c1ccc(Cl)cc1)N2. The Morgan fingerprint density at radius 3 is 2.56 bits per heavy atom. The molecule has 0 bridgehead atoms. The van der Waals surface area contributed by atoms with E-state index in [1.54, 1.807) is 36.4 Å². The molecule has 0 amide bonds. The number of benzene rings is 3. The quantitative estimate of drug-likeness (QED) is 0.216. The van der Waals surface area contributed by atoms with Crippen molar-refractivity contribution in [3.63, 3.8) is 0 Å². The summed E-state index contributed by atoms with van der Waals surface area (Å²) in [5.74, 6) is -1.03. The third kappa shape index (κ3) is 4.13. The van der Waals surface area contributed by atoms with E-state index in [1.807, 2.05) is 24.3 Å². The standard InChI is InChI=1S/C25H20Cl2N2O4S/c26-15-8-5-13(6-9-15)24-17-12-21(34-20-4-2-1-3-19(20)29(32)33)23(27)22(17)16-11-14(25(30)31)7-10-18(16)28-24/h1-11,17,21-24,28H,12H2,(H,30,31)/t17-,21-,22-,23-,24-/m0/s1. The van der Waals surface area contributed by atoms with Gasteiger partial charge in [-0.1, -0.05) is 35.9 Å². The van der Waals surface area contributed by atoms with Crippen molar-refractivity contribution in [1.82, 2.24) is 0 Å². The van der Waals surface area contributed by atoms with Crippen LogP contribution in [0.25, 0.3) is 0 Å². The van der Waals surface area contributed by atoms with Crippen LogP contribution in [0.2, 0.25) is 5.02 Å². The van der Waals surface area contributed by atoms with Crippen molar-refractivity contribution in [3.05, 3.63) is 98.6 Å². The van der Waals surface area contributed by atoms with Gasteiger partial charge in [-0.3, -0.25) is 10.1 Å². The first-order chi connectivity index (χ1) is 16.3. The van der Waals surface area contributed by atoms with E-state index in [0.29, 0.717) is 16.3 Å². The van der Waals surface area contributed by atoms with Crippen molar-refractivity contribution >= 4 is 52.3 Å². The fourth-order valence-electron chi connectivity index (χ4n) is 5.12. The minimum Gasteiger partial charge on any atom is -0.478 e. The molecule has 3 aromatic carbocycles. The minimum atomic E-state index is -0.992. The first-order valence-corrected chi connectivity index (χ1v) is 12.5. The lowest BCUT2D eigenvalue weighted by Gasteiger charge is -2.38. The molecule has 1 fully saturated rings. The van der Waals surface area contributed by atoms with E-state index < -0.39 is 5.97 Å².